The number of hydrogen-bond acceptors (Lipinski definition) is 5. The number of aliphatic hydroxyl groups excluding tert-OH is 1. The van der Waals surface area contributed by atoms with Crippen LogP contribution in [0.2, 0.25) is 0 Å². The minimum atomic E-state index is -3.35. The standard InChI is InChI=1S/C23H27F4N3O4/c1-10-17-15(21(32)28-22(33)30(17)11-4-5-11)14(20(26)27)16(25)18(10)29-8-12(13(24)9-29)19(31)23(34)6-2-3-7-23/h11-13,19-20,31,34H,2-9H2,1H3,(H,28,32,33). The van der Waals surface area contributed by atoms with Gasteiger partial charge in [0, 0.05) is 30.6 Å². The number of alkyl halides is 3. The van der Waals surface area contributed by atoms with Crippen molar-refractivity contribution < 1.29 is 27.8 Å². The van der Waals surface area contributed by atoms with Crippen molar-refractivity contribution >= 4 is 16.6 Å². The number of anilines is 1. The highest BCUT2D eigenvalue weighted by Gasteiger charge is 2.49. The molecule has 1 aliphatic heterocycles. The fourth-order valence-corrected chi connectivity index (χ4v) is 5.89. The summed E-state index contributed by atoms with van der Waals surface area (Å²) < 4.78 is 60.1. The quantitative estimate of drug-likeness (QED) is 0.566. The van der Waals surface area contributed by atoms with Gasteiger partial charge in [0.15, 0.2) is 5.82 Å². The van der Waals surface area contributed by atoms with Crippen LogP contribution < -0.4 is 16.1 Å². The summed E-state index contributed by atoms with van der Waals surface area (Å²) >= 11 is 0. The van der Waals surface area contributed by atoms with Gasteiger partial charge in [0.25, 0.3) is 12.0 Å². The maximum atomic E-state index is 15.6. The van der Waals surface area contributed by atoms with Gasteiger partial charge in [-0.2, -0.15) is 0 Å². The van der Waals surface area contributed by atoms with Crippen molar-refractivity contribution in [2.24, 2.45) is 5.92 Å². The van der Waals surface area contributed by atoms with Crippen LogP contribution in [0.25, 0.3) is 10.9 Å². The van der Waals surface area contributed by atoms with E-state index in [1.165, 1.54) is 16.4 Å². The molecule has 3 unspecified atom stereocenters. The normalized spacial score (nSPS) is 25.6. The van der Waals surface area contributed by atoms with Crippen molar-refractivity contribution in [3.8, 4) is 0 Å². The number of fused-ring (bicyclic) bond motifs is 1. The lowest BCUT2D eigenvalue weighted by molar-refractivity contribution is -0.102. The molecule has 5 rings (SSSR count). The summed E-state index contributed by atoms with van der Waals surface area (Å²) in [6.07, 6.45) is -3.10. The number of rotatable bonds is 5. The third-order valence-electron chi connectivity index (χ3n) is 7.73. The monoisotopic (exact) mass is 485 g/mol. The van der Waals surface area contributed by atoms with E-state index in [1.54, 1.807) is 0 Å². The minimum Gasteiger partial charge on any atom is -0.390 e. The molecular weight excluding hydrogens is 458 g/mol. The van der Waals surface area contributed by atoms with Crippen LogP contribution in [0.5, 0.6) is 0 Å². The summed E-state index contributed by atoms with van der Waals surface area (Å²) in [6.45, 7) is 0.850. The molecule has 3 aliphatic rings. The number of aromatic amines is 1. The number of benzene rings is 1. The van der Waals surface area contributed by atoms with Crippen LogP contribution in [0.15, 0.2) is 9.59 Å². The van der Waals surface area contributed by atoms with Crippen LogP contribution >= 0.6 is 0 Å². The predicted molar refractivity (Wildman–Crippen MR) is 117 cm³/mol. The topological polar surface area (TPSA) is 98.6 Å². The number of aliphatic hydroxyl groups is 2. The molecule has 3 N–H and O–H groups in total. The minimum absolute atomic E-state index is 0.0724. The fourth-order valence-electron chi connectivity index (χ4n) is 5.89. The van der Waals surface area contributed by atoms with Crippen molar-refractivity contribution in [2.45, 2.75) is 75.8 Å². The van der Waals surface area contributed by atoms with Crippen molar-refractivity contribution in [3.05, 3.63) is 37.8 Å². The lowest BCUT2D eigenvalue weighted by Crippen LogP contribution is -2.47. The van der Waals surface area contributed by atoms with Crippen LogP contribution in [-0.4, -0.2) is 50.7 Å². The third kappa shape index (κ3) is 3.46. The highest BCUT2D eigenvalue weighted by Crippen LogP contribution is 2.44. The molecular formula is C23H27F4N3O4. The Bertz CT molecular complexity index is 1250. The van der Waals surface area contributed by atoms with E-state index in [0.717, 1.165) is 0 Å². The maximum absolute atomic E-state index is 15.6. The molecule has 186 valence electrons. The second kappa shape index (κ2) is 8.08. The average molecular weight is 485 g/mol. The number of hydrogen-bond donors (Lipinski definition) is 3. The van der Waals surface area contributed by atoms with Crippen molar-refractivity contribution in [3.63, 3.8) is 0 Å². The first-order chi connectivity index (χ1) is 16.0. The van der Waals surface area contributed by atoms with E-state index in [-0.39, 0.29) is 35.9 Å². The van der Waals surface area contributed by atoms with E-state index in [1.807, 2.05) is 4.98 Å². The molecule has 1 aromatic carbocycles. The Morgan fingerprint density at radius 1 is 1.15 bits per heavy atom. The van der Waals surface area contributed by atoms with E-state index in [0.29, 0.717) is 38.5 Å². The summed E-state index contributed by atoms with van der Waals surface area (Å²) in [6, 6.07) is -0.298. The Labute approximate surface area is 192 Å². The van der Waals surface area contributed by atoms with Gasteiger partial charge in [0.05, 0.1) is 33.9 Å². The summed E-state index contributed by atoms with van der Waals surface area (Å²) in [5, 5.41) is 20.9. The molecule has 2 aromatic rings. The van der Waals surface area contributed by atoms with Crippen LogP contribution in [0.1, 0.15) is 62.1 Å². The highest BCUT2D eigenvalue weighted by molar-refractivity contribution is 5.90. The molecule has 11 heteroatoms. The second-order valence-corrected chi connectivity index (χ2v) is 9.93. The van der Waals surface area contributed by atoms with Gasteiger partial charge >= 0.3 is 5.69 Å². The Morgan fingerprint density at radius 3 is 2.38 bits per heavy atom. The van der Waals surface area contributed by atoms with Crippen LogP contribution in [0.4, 0.5) is 23.2 Å². The number of nitrogens with zero attached hydrogens (tertiary/aromatic N) is 2. The first-order valence-corrected chi connectivity index (χ1v) is 11.6. The summed E-state index contributed by atoms with van der Waals surface area (Å²) in [5.74, 6) is -2.38. The molecule has 1 saturated heterocycles. The molecule has 2 aliphatic carbocycles. The van der Waals surface area contributed by atoms with Gasteiger partial charge in [0.2, 0.25) is 0 Å². The maximum Gasteiger partial charge on any atom is 0.329 e. The van der Waals surface area contributed by atoms with Crippen molar-refractivity contribution in [2.75, 3.05) is 18.0 Å². The molecule has 2 heterocycles. The van der Waals surface area contributed by atoms with Crippen molar-refractivity contribution in [1.29, 1.82) is 0 Å². The zero-order valence-electron chi connectivity index (χ0n) is 18.7. The molecule has 1 aromatic heterocycles. The number of halogens is 4. The average Bonchev–Trinajstić information content (AvgIpc) is 3.38. The largest absolute Gasteiger partial charge is 0.390 e. The molecule has 3 fully saturated rings. The second-order valence-electron chi connectivity index (χ2n) is 9.93. The van der Waals surface area contributed by atoms with Crippen LogP contribution in [-0.2, 0) is 0 Å². The summed E-state index contributed by atoms with van der Waals surface area (Å²) in [5.41, 5.74) is -4.70. The lowest BCUT2D eigenvalue weighted by Gasteiger charge is -2.33. The van der Waals surface area contributed by atoms with E-state index in [4.69, 9.17) is 0 Å². The van der Waals surface area contributed by atoms with Gasteiger partial charge in [-0.1, -0.05) is 12.8 Å². The molecule has 3 atom stereocenters. The van der Waals surface area contributed by atoms with E-state index in [9.17, 15) is 28.6 Å². The van der Waals surface area contributed by atoms with Gasteiger partial charge < -0.3 is 15.1 Å². The number of H-pyrrole nitrogens is 1. The number of aryl methyl sites for hydroxylation is 1. The lowest BCUT2D eigenvalue weighted by atomic mass is 9.84. The summed E-state index contributed by atoms with van der Waals surface area (Å²) in [4.78, 5) is 28.4. The molecule has 0 amide bonds. The smallest absolute Gasteiger partial charge is 0.329 e. The van der Waals surface area contributed by atoms with Gasteiger partial charge in [-0.05, 0) is 32.6 Å². The van der Waals surface area contributed by atoms with Crippen molar-refractivity contribution in [1.82, 2.24) is 9.55 Å². The SMILES string of the molecule is Cc1c(N2CC(F)C(C(O)C3(O)CCCC3)C2)c(F)c(C(F)F)c2c(=O)[nH]c(=O)n(C3CC3)c12. The zero-order valence-corrected chi connectivity index (χ0v) is 18.7. The first kappa shape index (κ1) is 23.3. The van der Waals surface area contributed by atoms with Gasteiger partial charge in [-0.3, -0.25) is 14.3 Å². The zero-order chi connectivity index (χ0) is 24.5. The number of nitrogens with one attached hydrogen (secondary N) is 1. The van der Waals surface area contributed by atoms with Gasteiger partial charge in [0.1, 0.15) is 6.17 Å². The first-order valence-electron chi connectivity index (χ1n) is 11.6. The Kier molecular flexibility index (Phi) is 5.55. The Morgan fingerprint density at radius 2 is 1.79 bits per heavy atom. The molecule has 2 saturated carbocycles. The molecule has 7 nitrogen and oxygen atoms in total. The third-order valence-corrected chi connectivity index (χ3v) is 7.73. The Hall–Kier alpha value is -2.40. The molecule has 0 spiro atoms. The fraction of sp³-hybridized carbons (Fsp3) is 0.652. The van der Waals surface area contributed by atoms with E-state index in [2.05, 4.69) is 0 Å². The molecule has 0 radical (unpaired) electrons. The molecule has 34 heavy (non-hydrogen) atoms. The van der Waals surface area contributed by atoms with Gasteiger partial charge in [-0.15, -0.1) is 0 Å². The molecule has 0 bridgehead atoms. The van der Waals surface area contributed by atoms with Gasteiger partial charge in [-0.25, -0.2) is 22.4 Å². The van der Waals surface area contributed by atoms with Crippen LogP contribution in [0, 0.1) is 18.7 Å². The summed E-state index contributed by atoms with van der Waals surface area (Å²) in [7, 11) is 0. The number of aromatic nitrogens is 2. The predicted octanol–water partition coefficient (Wildman–Crippen LogP) is 2.85. The highest BCUT2D eigenvalue weighted by atomic mass is 19.3. The van der Waals surface area contributed by atoms with Crippen LogP contribution in [0.3, 0.4) is 0 Å². The van der Waals surface area contributed by atoms with E-state index < -0.39 is 58.2 Å². The van der Waals surface area contributed by atoms with E-state index >= 15 is 8.78 Å². The Balaban J connectivity index is 1.67.